The number of nitrogens with zero attached hydrogens (tertiary/aromatic N) is 2. The summed E-state index contributed by atoms with van der Waals surface area (Å²) in [7, 11) is 1.88. The van der Waals surface area contributed by atoms with E-state index in [-0.39, 0.29) is 6.04 Å². The summed E-state index contributed by atoms with van der Waals surface area (Å²) < 4.78 is 8.22. The van der Waals surface area contributed by atoms with Gasteiger partial charge in [-0.25, -0.2) is 0 Å². The molecule has 0 amide bonds. The molecule has 0 bridgehead atoms. The van der Waals surface area contributed by atoms with Crippen LogP contribution in [0.15, 0.2) is 27.4 Å². The Bertz CT molecular complexity index is 523. The van der Waals surface area contributed by atoms with Crippen molar-refractivity contribution in [3.63, 3.8) is 0 Å². The number of nitrogens with one attached hydrogen (secondary N) is 1. The van der Waals surface area contributed by atoms with Gasteiger partial charge < -0.3 is 9.73 Å². The van der Waals surface area contributed by atoms with Gasteiger partial charge in [0.25, 0.3) is 0 Å². The van der Waals surface area contributed by atoms with Gasteiger partial charge in [-0.15, -0.1) is 0 Å². The van der Waals surface area contributed by atoms with Crippen molar-refractivity contribution in [1.29, 1.82) is 0 Å². The zero-order valence-corrected chi connectivity index (χ0v) is 12.6. The van der Waals surface area contributed by atoms with Gasteiger partial charge in [0, 0.05) is 6.54 Å². The highest BCUT2D eigenvalue weighted by Gasteiger charge is 2.23. The summed E-state index contributed by atoms with van der Waals surface area (Å²) >= 11 is 9.55. The average molecular weight is 333 g/mol. The highest BCUT2D eigenvalue weighted by molar-refractivity contribution is 9.10. The molecule has 0 radical (unpaired) electrons. The minimum Gasteiger partial charge on any atom is -0.452 e. The predicted molar refractivity (Wildman–Crippen MR) is 74.8 cm³/mol. The quantitative estimate of drug-likeness (QED) is 0.909. The molecule has 2 aromatic heterocycles. The van der Waals surface area contributed by atoms with Crippen molar-refractivity contribution in [2.75, 3.05) is 7.05 Å². The van der Waals surface area contributed by atoms with E-state index in [2.05, 4.69) is 33.3 Å². The zero-order valence-electron chi connectivity index (χ0n) is 10.3. The van der Waals surface area contributed by atoms with Crippen molar-refractivity contribution in [3.05, 3.63) is 39.5 Å². The maximum atomic E-state index is 6.23. The molecule has 1 atom stereocenters. The fourth-order valence-corrected chi connectivity index (χ4v) is 2.52. The Morgan fingerprint density at radius 2 is 2.33 bits per heavy atom. The minimum atomic E-state index is -0.0992. The van der Waals surface area contributed by atoms with Gasteiger partial charge in [-0.05, 0) is 41.5 Å². The van der Waals surface area contributed by atoms with Gasteiger partial charge in [-0.2, -0.15) is 5.10 Å². The summed E-state index contributed by atoms with van der Waals surface area (Å²) in [6.07, 6.45) is 2.68. The molecule has 1 unspecified atom stereocenters. The first-order valence-corrected chi connectivity index (χ1v) is 6.98. The highest BCUT2D eigenvalue weighted by atomic mass is 79.9. The van der Waals surface area contributed by atoms with E-state index in [0.717, 1.165) is 24.4 Å². The molecule has 0 aromatic carbocycles. The molecule has 4 nitrogen and oxygen atoms in total. The van der Waals surface area contributed by atoms with Gasteiger partial charge in [0.15, 0.2) is 4.67 Å². The second-order valence-electron chi connectivity index (χ2n) is 3.96. The van der Waals surface area contributed by atoms with Crippen LogP contribution in [0, 0.1) is 0 Å². The number of aryl methyl sites for hydroxylation is 1. The molecule has 18 heavy (non-hydrogen) atoms. The van der Waals surface area contributed by atoms with Crippen molar-refractivity contribution >= 4 is 27.5 Å². The third kappa shape index (κ3) is 2.63. The predicted octanol–water partition coefficient (Wildman–Crippen LogP) is 3.61. The molecule has 2 rings (SSSR count). The molecule has 0 aliphatic carbocycles. The molecule has 0 saturated carbocycles. The summed E-state index contributed by atoms with van der Waals surface area (Å²) in [5.41, 5.74) is 0.933. The SMILES string of the molecule is CCCn1ncc(Cl)c1C(NC)c1ccc(Br)o1. The van der Waals surface area contributed by atoms with E-state index in [1.165, 1.54) is 0 Å². The number of rotatable bonds is 5. The van der Waals surface area contributed by atoms with Crippen molar-refractivity contribution in [3.8, 4) is 0 Å². The van der Waals surface area contributed by atoms with Crippen LogP contribution in [-0.4, -0.2) is 16.8 Å². The van der Waals surface area contributed by atoms with E-state index in [9.17, 15) is 0 Å². The number of hydrogen-bond donors (Lipinski definition) is 1. The lowest BCUT2D eigenvalue weighted by Crippen LogP contribution is -2.21. The van der Waals surface area contributed by atoms with Crippen molar-refractivity contribution in [1.82, 2.24) is 15.1 Å². The first-order valence-electron chi connectivity index (χ1n) is 5.81. The Kier molecular flexibility index (Phi) is 4.48. The van der Waals surface area contributed by atoms with Gasteiger partial charge in [0.05, 0.1) is 16.9 Å². The van der Waals surface area contributed by atoms with Crippen LogP contribution >= 0.6 is 27.5 Å². The summed E-state index contributed by atoms with van der Waals surface area (Å²) in [6, 6.07) is 3.69. The lowest BCUT2D eigenvalue weighted by Gasteiger charge is -2.16. The van der Waals surface area contributed by atoms with Crippen LogP contribution in [0.25, 0.3) is 0 Å². The first kappa shape index (κ1) is 13.6. The maximum absolute atomic E-state index is 6.23. The van der Waals surface area contributed by atoms with E-state index in [4.69, 9.17) is 16.0 Å². The second-order valence-corrected chi connectivity index (χ2v) is 5.15. The van der Waals surface area contributed by atoms with Crippen LogP contribution in [0.2, 0.25) is 5.02 Å². The van der Waals surface area contributed by atoms with E-state index < -0.39 is 0 Å². The Morgan fingerprint density at radius 1 is 1.56 bits per heavy atom. The van der Waals surface area contributed by atoms with Gasteiger partial charge in [-0.1, -0.05) is 18.5 Å². The molecule has 0 aliphatic rings. The van der Waals surface area contributed by atoms with Crippen molar-refractivity contribution in [2.24, 2.45) is 0 Å². The first-order chi connectivity index (χ1) is 8.67. The van der Waals surface area contributed by atoms with Crippen LogP contribution in [-0.2, 0) is 6.54 Å². The third-order valence-electron chi connectivity index (χ3n) is 2.71. The molecule has 6 heteroatoms. The molecule has 0 aliphatic heterocycles. The molecule has 2 aromatic rings. The fraction of sp³-hybridized carbons (Fsp3) is 0.417. The highest BCUT2D eigenvalue weighted by Crippen LogP contribution is 2.30. The van der Waals surface area contributed by atoms with Gasteiger partial charge >= 0.3 is 0 Å². The lowest BCUT2D eigenvalue weighted by molar-refractivity contribution is 0.427. The third-order valence-corrected chi connectivity index (χ3v) is 3.43. The van der Waals surface area contributed by atoms with Crippen LogP contribution < -0.4 is 5.32 Å². The normalized spacial score (nSPS) is 12.9. The number of hydrogen-bond acceptors (Lipinski definition) is 3. The molecule has 1 N–H and O–H groups in total. The zero-order chi connectivity index (χ0) is 13.1. The smallest absolute Gasteiger partial charge is 0.169 e. The summed E-state index contributed by atoms with van der Waals surface area (Å²) in [4.78, 5) is 0. The Hall–Kier alpha value is -0.780. The summed E-state index contributed by atoms with van der Waals surface area (Å²) in [5.74, 6) is 0.809. The second kappa shape index (κ2) is 5.91. The molecule has 98 valence electrons. The number of halogens is 2. The minimum absolute atomic E-state index is 0.0992. The van der Waals surface area contributed by atoms with Crippen LogP contribution in [0.3, 0.4) is 0 Å². The standard InChI is InChI=1S/C12H15BrClN3O/c1-3-6-17-12(8(14)7-16-17)11(15-2)9-4-5-10(13)18-9/h4-5,7,11,15H,3,6H2,1-2H3. The van der Waals surface area contributed by atoms with Crippen molar-refractivity contribution in [2.45, 2.75) is 25.9 Å². The molecule has 0 saturated heterocycles. The molecular weight excluding hydrogens is 318 g/mol. The topological polar surface area (TPSA) is 43.0 Å². The van der Waals surface area contributed by atoms with Crippen LogP contribution in [0.4, 0.5) is 0 Å². The van der Waals surface area contributed by atoms with E-state index >= 15 is 0 Å². The summed E-state index contributed by atoms with van der Waals surface area (Å²) in [6.45, 7) is 2.94. The van der Waals surface area contributed by atoms with E-state index in [1.54, 1.807) is 6.20 Å². The van der Waals surface area contributed by atoms with Crippen molar-refractivity contribution < 1.29 is 4.42 Å². The maximum Gasteiger partial charge on any atom is 0.169 e. The lowest BCUT2D eigenvalue weighted by atomic mass is 10.1. The van der Waals surface area contributed by atoms with Gasteiger partial charge in [-0.3, -0.25) is 4.68 Å². The molecular formula is C12H15BrClN3O. The van der Waals surface area contributed by atoms with Crippen LogP contribution in [0.1, 0.15) is 30.8 Å². The van der Waals surface area contributed by atoms with E-state index in [1.807, 2.05) is 23.9 Å². The average Bonchev–Trinajstić information content (AvgIpc) is 2.91. The fourth-order valence-electron chi connectivity index (χ4n) is 1.95. The Morgan fingerprint density at radius 3 is 2.89 bits per heavy atom. The molecule has 2 heterocycles. The van der Waals surface area contributed by atoms with Crippen LogP contribution in [0.5, 0.6) is 0 Å². The summed E-state index contributed by atoms with van der Waals surface area (Å²) in [5, 5.41) is 8.16. The molecule has 0 fully saturated rings. The largest absolute Gasteiger partial charge is 0.452 e. The Labute approximate surface area is 119 Å². The van der Waals surface area contributed by atoms with E-state index in [0.29, 0.717) is 9.69 Å². The monoisotopic (exact) mass is 331 g/mol. The van der Waals surface area contributed by atoms with Gasteiger partial charge in [0.2, 0.25) is 0 Å². The van der Waals surface area contributed by atoms with Gasteiger partial charge in [0.1, 0.15) is 11.8 Å². The number of aromatic nitrogens is 2. The molecule has 0 spiro atoms. The number of furan rings is 1. The Balaban J connectivity index is 2.41.